The Morgan fingerprint density at radius 2 is 2.14 bits per heavy atom. The molecule has 0 aromatic carbocycles. The van der Waals surface area contributed by atoms with Gasteiger partial charge in [-0.2, -0.15) is 0 Å². The van der Waals surface area contributed by atoms with Crippen molar-refractivity contribution in [1.82, 2.24) is 14.9 Å². The van der Waals surface area contributed by atoms with E-state index in [0.29, 0.717) is 35.9 Å². The topological polar surface area (TPSA) is 83.4 Å². The van der Waals surface area contributed by atoms with Crippen LogP contribution in [0.3, 0.4) is 0 Å². The van der Waals surface area contributed by atoms with E-state index in [9.17, 15) is 14.7 Å². The van der Waals surface area contributed by atoms with Gasteiger partial charge in [-0.1, -0.05) is 0 Å². The summed E-state index contributed by atoms with van der Waals surface area (Å²) in [5.74, 6) is -1.51. The average Bonchev–Trinajstić information content (AvgIpc) is 2.53. The van der Waals surface area contributed by atoms with E-state index in [1.165, 1.54) is 0 Å². The molecule has 22 heavy (non-hydrogen) atoms. The van der Waals surface area contributed by atoms with Gasteiger partial charge in [0.25, 0.3) is 5.91 Å². The van der Waals surface area contributed by atoms with E-state index >= 15 is 0 Å². The number of likely N-dealkylation sites (tertiary alicyclic amines) is 1. The van der Waals surface area contributed by atoms with Crippen molar-refractivity contribution in [2.45, 2.75) is 25.8 Å². The van der Waals surface area contributed by atoms with Crippen molar-refractivity contribution in [3.63, 3.8) is 0 Å². The molecule has 1 saturated heterocycles. The Balaban J connectivity index is 1.97. The maximum absolute atomic E-state index is 12.9. The lowest BCUT2D eigenvalue weighted by atomic mass is 9.89. The first-order valence-corrected chi connectivity index (χ1v) is 7.32. The lowest BCUT2D eigenvalue weighted by Gasteiger charge is -2.37. The third-order valence-electron chi connectivity index (χ3n) is 4.34. The fraction of sp³-hybridized carbons (Fsp3) is 0.375. The number of carbonyl (C=O) groups excluding carboxylic acids is 1. The Morgan fingerprint density at radius 1 is 1.32 bits per heavy atom. The van der Waals surface area contributed by atoms with E-state index < -0.39 is 11.9 Å². The summed E-state index contributed by atoms with van der Waals surface area (Å²) in [6, 6.07) is 3.11. The van der Waals surface area contributed by atoms with Crippen molar-refractivity contribution < 1.29 is 14.7 Å². The van der Waals surface area contributed by atoms with Gasteiger partial charge in [0.2, 0.25) is 0 Å². The van der Waals surface area contributed by atoms with E-state index in [4.69, 9.17) is 0 Å². The third-order valence-corrected chi connectivity index (χ3v) is 4.34. The number of nitrogens with zero attached hydrogens (tertiary/aromatic N) is 3. The van der Waals surface area contributed by atoms with Crippen molar-refractivity contribution in [1.29, 1.82) is 0 Å². The average molecular weight is 299 g/mol. The van der Waals surface area contributed by atoms with Gasteiger partial charge in [0.05, 0.1) is 17.0 Å². The Morgan fingerprint density at radius 3 is 2.91 bits per heavy atom. The molecule has 1 aliphatic heterocycles. The van der Waals surface area contributed by atoms with E-state index in [2.05, 4.69) is 9.97 Å². The van der Waals surface area contributed by atoms with Gasteiger partial charge in [-0.25, -0.2) is 0 Å². The Labute approximate surface area is 127 Å². The zero-order valence-corrected chi connectivity index (χ0v) is 12.3. The van der Waals surface area contributed by atoms with Gasteiger partial charge < -0.3 is 10.0 Å². The first-order valence-electron chi connectivity index (χ1n) is 7.32. The number of aliphatic carboxylic acids is 1. The standard InChI is InChI=1S/C16H17N3O3/c1-10-11(16(21)22)3-2-8-19(10)15(20)12-4-7-18-14-5-6-17-9-13(12)14/h4-7,9-11H,2-3,8H2,1H3,(H,21,22)/t10-,11-/m1/s1. The molecule has 3 rings (SSSR count). The zero-order chi connectivity index (χ0) is 15.7. The number of amides is 1. The summed E-state index contributed by atoms with van der Waals surface area (Å²) in [4.78, 5) is 34.1. The monoisotopic (exact) mass is 299 g/mol. The van der Waals surface area contributed by atoms with Crippen LogP contribution in [0.25, 0.3) is 10.9 Å². The number of carboxylic acid groups (broad SMARTS) is 1. The fourth-order valence-corrected chi connectivity index (χ4v) is 3.09. The Kier molecular flexibility index (Phi) is 3.75. The number of rotatable bonds is 2. The van der Waals surface area contributed by atoms with Crippen LogP contribution in [0.4, 0.5) is 0 Å². The second-order valence-electron chi connectivity index (χ2n) is 5.58. The quantitative estimate of drug-likeness (QED) is 0.916. The van der Waals surface area contributed by atoms with Gasteiger partial charge in [-0.05, 0) is 31.9 Å². The van der Waals surface area contributed by atoms with Crippen LogP contribution in [0.15, 0.2) is 30.7 Å². The summed E-state index contributed by atoms with van der Waals surface area (Å²) in [6.07, 6.45) is 6.17. The van der Waals surface area contributed by atoms with E-state index in [1.807, 2.05) is 0 Å². The van der Waals surface area contributed by atoms with Crippen LogP contribution in [-0.2, 0) is 4.79 Å². The maximum atomic E-state index is 12.9. The van der Waals surface area contributed by atoms with Crippen LogP contribution >= 0.6 is 0 Å². The predicted octanol–water partition coefficient (Wildman–Crippen LogP) is 1.96. The molecule has 0 aliphatic carbocycles. The number of hydrogen-bond donors (Lipinski definition) is 1. The smallest absolute Gasteiger partial charge is 0.308 e. The molecule has 114 valence electrons. The molecule has 1 N–H and O–H groups in total. The van der Waals surface area contributed by atoms with Crippen molar-refractivity contribution in [3.8, 4) is 0 Å². The largest absolute Gasteiger partial charge is 0.481 e. The highest BCUT2D eigenvalue weighted by molar-refractivity contribution is 6.06. The Bertz CT molecular complexity index is 726. The van der Waals surface area contributed by atoms with Gasteiger partial charge in [0.15, 0.2) is 0 Å². The molecule has 2 aromatic rings. The predicted molar refractivity (Wildman–Crippen MR) is 80.4 cm³/mol. The lowest BCUT2D eigenvalue weighted by Crippen LogP contribution is -2.49. The molecule has 0 radical (unpaired) electrons. The minimum atomic E-state index is -0.841. The van der Waals surface area contributed by atoms with Gasteiger partial charge >= 0.3 is 5.97 Å². The van der Waals surface area contributed by atoms with Crippen molar-refractivity contribution in [2.24, 2.45) is 5.92 Å². The highest BCUT2D eigenvalue weighted by atomic mass is 16.4. The summed E-state index contributed by atoms with van der Waals surface area (Å²) < 4.78 is 0. The van der Waals surface area contributed by atoms with Crippen LogP contribution in [0.2, 0.25) is 0 Å². The molecule has 1 amide bonds. The summed E-state index contributed by atoms with van der Waals surface area (Å²) >= 11 is 0. The molecule has 1 aliphatic rings. The van der Waals surface area contributed by atoms with Crippen LogP contribution in [0.1, 0.15) is 30.1 Å². The molecule has 2 aromatic heterocycles. The maximum Gasteiger partial charge on any atom is 0.308 e. The van der Waals surface area contributed by atoms with Crippen LogP contribution in [0, 0.1) is 5.92 Å². The molecule has 1 fully saturated rings. The molecular weight excluding hydrogens is 282 g/mol. The Hall–Kier alpha value is -2.50. The molecule has 2 atom stereocenters. The number of aromatic nitrogens is 2. The lowest BCUT2D eigenvalue weighted by molar-refractivity contribution is -0.144. The van der Waals surface area contributed by atoms with E-state index in [0.717, 1.165) is 0 Å². The first kappa shape index (κ1) is 14.4. The number of carboxylic acids is 1. The summed E-state index contributed by atoms with van der Waals surface area (Å²) in [6.45, 7) is 2.38. The molecule has 0 saturated carbocycles. The summed E-state index contributed by atoms with van der Waals surface area (Å²) in [5.41, 5.74) is 1.23. The van der Waals surface area contributed by atoms with E-state index in [-0.39, 0.29) is 11.9 Å². The second kappa shape index (κ2) is 5.71. The van der Waals surface area contributed by atoms with Gasteiger partial charge in [-0.3, -0.25) is 19.6 Å². The molecule has 6 heteroatoms. The number of piperidine rings is 1. The van der Waals surface area contributed by atoms with Crippen molar-refractivity contribution in [3.05, 3.63) is 36.3 Å². The van der Waals surface area contributed by atoms with Crippen LogP contribution < -0.4 is 0 Å². The van der Waals surface area contributed by atoms with Gasteiger partial charge in [-0.15, -0.1) is 0 Å². The molecule has 0 unspecified atom stereocenters. The van der Waals surface area contributed by atoms with Crippen LogP contribution in [0.5, 0.6) is 0 Å². The molecule has 0 bridgehead atoms. The number of carbonyl (C=O) groups is 2. The highest BCUT2D eigenvalue weighted by Crippen LogP contribution is 2.27. The minimum absolute atomic E-state index is 0.154. The zero-order valence-electron chi connectivity index (χ0n) is 12.3. The molecular formula is C16H17N3O3. The third kappa shape index (κ3) is 2.41. The minimum Gasteiger partial charge on any atom is -0.481 e. The highest BCUT2D eigenvalue weighted by Gasteiger charge is 2.36. The SMILES string of the molecule is C[C@@H]1[C@H](C(=O)O)CCCN1C(=O)c1ccnc2ccncc12. The summed E-state index contributed by atoms with van der Waals surface area (Å²) in [7, 11) is 0. The molecule has 3 heterocycles. The normalized spacial score (nSPS) is 21.8. The van der Waals surface area contributed by atoms with Gasteiger partial charge in [0, 0.05) is 36.6 Å². The number of hydrogen-bond acceptors (Lipinski definition) is 4. The van der Waals surface area contributed by atoms with E-state index in [1.54, 1.807) is 42.5 Å². The fourth-order valence-electron chi connectivity index (χ4n) is 3.09. The van der Waals surface area contributed by atoms with Crippen LogP contribution in [-0.4, -0.2) is 44.4 Å². The second-order valence-corrected chi connectivity index (χ2v) is 5.58. The van der Waals surface area contributed by atoms with Crippen molar-refractivity contribution in [2.75, 3.05) is 6.54 Å². The van der Waals surface area contributed by atoms with Crippen molar-refractivity contribution >= 4 is 22.8 Å². The molecule has 0 spiro atoms. The van der Waals surface area contributed by atoms with Gasteiger partial charge in [0.1, 0.15) is 0 Å². The number of fused-ring (bicyclic) bond motifs is 1. The summed E-state index contributed by atoms with van der Waals surface area (Å²) in [5, 5.41) is 9.99. The number of pyridine rings is 2. The molecule has 6 nitrogen and oxygen atoms in total. The first-order chi connectivity index (χ1) is 10.6.